The van der Waals surface area contributed by atoms with Gasteiger partial charge >= 0.3 is 49.1 Å². The summed E-state index contributed by atoms with van der Waals surface area (Å²) in [6.07, 6.45) is -0.428. The van der Waals surface area contributed by atoms with Gasteiger partial charge < -0.3 is 19.9 Å². The molecule has 0 saturated carbocycles. The maximum atomic E-state index is 11.9. The van der Waals surface area contributed by atoms with Gasteiger partial charge in [-0.15, -0.1) is 0 Å². The predicted octanol–water partition coefficient (Wildman–Crippen LogP) is -2.31. The molecule has 0 bridgehead atoms. The van der Waals surface area contributed by atoms with Crippen LogP contribution in [0.2, 0.25) is 0 Å². The van der Waals surface area contributed by atoms with Crippen LogP contribution in [0.4, 0.5) is 0 Å². The summed E-state index contributed by atoms with van der Waals surface area (Å²) in [6.45, 7) is 0. The van der Waals surface area contributed by atoms with Crippen LogP contribution in [-0.2, 0) is 32.7 Å². The first kappa shape index (κ1) is 19.4. The Morgan fingerprint density at radius 2 is 1.59 bits per heavy atom. The molecule has 0 aliphatic carbocycles. The summed E-state index contributed by atoms with van der Waals surface area (Å²) in [6, 6.07) is 0. The SMILES string of the molecule is COC(=O)CC(C(=O)OC)P(=O)(OC)OC.[H-].[Na+]. The molecule has 0 N–H and O–H groups in total. The van der Waals surface area contributed by atoms with Crippen LogP contribution < -0.4 is 29.6 Å². The van der Waals surface area contributed by atoms with Crippen LogP contribution in [0.3, 0.4) is 0 Å². The molecule has 0 radical (unpaired) electrons. The van der Waals surface area contributed by atoms with Gasteiger partial charge in [0.05, 0.1) is 20.6 Å². The first-order chi connectivity index (χ1) is 7.45. The maximum absolute atomic E-state index is 11.9. The molecule has 0 spiro atoms. The van der Waals surface area contributed by atoms with E-state index in [0.29, 0.717) is 0 Å². The number of carbonyl (C=O) groups excluding carboxylic acids is 2. The van der Waals surface area contributed by atoms with Gasteiger partial charge in [-0.05, 0) is 0 Å². The van der Waals surface area contributed by atoms with Crippen molar-refractivity contribution in [3.05, 3.63) is 0 Å². The van der Waals surface area contributed by atoms with Gasteiger partial charge in [-0.2, -0.15) is 0 Å². The van der Waals surface area contributed by atoms with Gasteiger partial charge in [0.25, 0.3) is 0 Å². The molecule has 0 fully saturated rings. The topological polar surface area (TPSA) is 88.1 Å². The summed E-state index contributed by atoms with van der Waals surface area (Å²) >= 11 is 0. The number of rotatable bonds is 6. The molecular weight excluding hydrogens is 262 g/mol. The van der Waals surface area contributed by atoms with Gasteiger partial charge in [0.15, 0.2) is 5.66 Å². The zero-order valence-corrected chi connectivity index (χ0v) is 13.5. The molecule has 0 aliphatic rings. The van der Waals surface area contributed by atoms with Crippen molar-refractivity contribution in [1.29, 1.82) is 0 Å². The quantitative estimate of drug-likeness (QED) is 0.306. The number of ether oxygens (including phenoxy) is 2. The minimum absolute atomic E-state index is 0. The minimum Gasteiger partial charge on any atom is -1.00 e. The van der Waals surface area contributed by atoms with Crippen LogP contribution in [0.15, 0.2) is 0 Å². The van der Waals surface area contributed by atoms with E-state index in [1.54, 1.807) is 0 Å². The van der Waals surface area contributed by atoms with E-state index in [1.165, 1.54) is 0 Å². The van der Waals surface area contributed by atoms with E-state index in [0.717, 1.165) is 28.4 Å². The molecular formula is C8H16NaO7P. The van der Waals surface area contributed by atoms with Crippen LogP contribution in [0.1, 0.15) is 7.85 Å². The van der Waals surface area contributed by atoms with E-state index in [1.807, 2.05) is 0 Å². The average molecular weight is 278 g/mol. The number of carbonyl (C=O) groups is 2. The molecule has 0 amide bonds. The fourth-order valence-electron chi connectivity index (χ4n) is 1.03. The number of hydrogen-bond donors (Lipinski definition) is 0. The van der Waals surface area contributed by atoms with Gasteiger partial charge in [-0.3, -0.25) is 14.2 Å². The summed E-state index contributed by atoms with van der Waals surface area (Å²) in [5.41, 5.74) is -1.32. The summed E-state index contributed by atoms with van der Waals surface area (Å²) in [5, 5.41) is 0. The standard InChI is InChI=1S/C8H15O7P.Na.H/c1-12-7(9)5-6(8(10)13-2)16(11,14-3)15-4;;/h6H,5H2,1-4H3;;/q;+1;-1. The molecule has 96 valence electrons. The summed E-state index contributed by atoms with van der Waals surface area (Å²) in [4.78, 5) is 22.4. The number of esters is 2. The van der Waals surface area contributed by atoms with Crippen molar-refractivity contribution in [1.82, 2.24) is 0 Å². The van der Waals surface area contributed by atoms with E-state index in [-0.39, 0.29) is 31.0 Å². The van der Waals surface area contributed by atoms with Gasteiger partial charge in [-0.1, -0.05) is 0 Å². The molecule has 1 atom stereocenters. The van der Waals surface area contributed by atoms with Crippen molar-refractivity contribution in [3.8, 4) is 0 Å². The zero-order chi connectivity index (χ0) is 12.8. The number of methoxy groups -OCH3 is 2. The third-order valence-electron chi connectivity index (χ3n) is 1.95. The van der Waals surface area contributed by atoms with E-state index >= 15 is 0 Å². The van der Waals surface area contributed by atoms with Gasteiger partial charge in [0, 0.05) is 14.2 Å². The van der Waals surface area contributed by atoms with Crippen LogP contribution in [0, 0.1) is 0 Å². The van der Waals surface area contributed by atoms with Gasteiger partial charge in [0.2, 0.25) is 0 Å². The second-order valence-electron chi connectivity index (χ2n) is 2.72. The van der Waals surface area contributed by atoms with Crippen LogP contribution >= 0.6 is 7.60 Å². The molecule has 0 heterocycles. The van der Waals surface area contributed by atoms with E-state index < -0.39 is 31.6 Å². The molecule has 9 heteroatoms. The second-order valence-corrected chi connectivity index (χ2v) is 5.16. The average Bonchev–Trinajstić information content (AvgIpc) is 2.33. The molecule has 0 aromatic carbocycles. The predicted molar refractivity (Wildman–Crippen MR) is 55.2 cm³/mol. The fourth-order valence-corrected chi connectivity index (χ4v) is 2.42. The Hall–Kier alpha value is 0.0900. The molecule has 7 nitrogen and oxygen atoms in total. The van der Waals surface area contributed by atoms with Gasteiger partial charge in [-0.25, -0.2) is 0 Å². The third-order valence-corrected chi connectivity index (χ3v) is 4.13. The Balaban J connectivity index is -0.00000112. The second kappa shape index (κ2) is 9.08. The smallest absolute Gasteiger partial charge is 1.00 e. The third kappa shape index (κ3) is 5.50. The largest absolute Gasteiger partial charge is 1.00 e. The Labute approximate surface area is 123 Å². The fraction of sp³-hybridized carbons (Fsp3) is 0.750. The minimum atomic E-state index is -3.71. The van der Waals surface area contributed by atoms with E-state index in [9.17, 15) is 14.2 Å². The summed E-state index contributed by atoms with van der Waals surface area (Å²) < 4.78 is 30.0. The van der Waals surface area contributed by atoms with Crippen molar-refractivity contribution < 1.29 is 63.7 Å². The van der Waals surface area contributed by atoms with Crippen molar-refractivity contribution in [3.63, 3.8) is 0 Å². The Bertz CT molecular complexity index is 304. The summed E-state index contributed by atoms with van der Waals surface area (Å²) in [7, 11) is 0.806. The van der Waals surface area contributed by atoms with E-state index in [2.05, 4.69) is 18.5 Å². The van der Waals surface area contributed by atoms with Crippen molar-refractivity contribution in [2.24, 2.45) is 0 Å². The molecule has 0 aromatic heterocycles. The Morgan fingerprint density at radius 3 is 1.88 bits per heavy atom. The maximum Gasteiger partial charge on any atom is 1.00 e. The van der Waals surface area contributed by atoms with Crippen LogP contribution in [0.25, 0.3) is 0 Å². The van der Waals surface area contributed by atoms with Crippen molar-refractivity contribution in [2.75, 3.05) is 28.4 Å². The van der Waals surface area contributed by atoms with Gasteiger partial charge in [0.1, 0.15) is 0 Å². The first-order valence-corrected chi connectivity index (χ1v) is 5.92. The molecule has 0 rings (SSSR count). The van der Waals surface area contributed by atoms with E-state index in [4.69, 9.17) is 0 Å². The van der Waals surface area contributed by atoms with Crippen molar-refractivity contribution >= 4 is 19.5 Å². The normalized spacial score (nSPS) is 12.2. The molecule has 0 aliphatic heterocycles. The van der Waals surface area contributed by atoms with Crippen molar-refractivity contribution in [2.45, 2.75) is 12.1 Å². The molecule has 0 aromatic rings. The molecule has 1 unspecified atom stereocenters. The molecule has 0 saturated heterocycles. The Morgan fingerprint density at radius 1 is 1.12 bits per heavy atom. The number of hydrogen-bond acceptors (Lipinski definition) is 7. The Kier molecular flexibility index (Phi) is 10.4. The monoisotopic (exact) mass is 278 g/mol. The molecule has 17 heavy (non-hydrogen) atoms. The summed E-state index contributed by atoms with van der Waals surface area (Å²) in [5.74, 6) is -1.55. The zero-order valence-electron chi connectivity index (χ0n) is 11.6. The van der Waals surface area contributed by atoms with Crippen LogP contribution in [-0.4, -0.2) is 46.0 Å². The van der Waals surface area contributed by atoms with Crippen LogP contribution in [0.5, 0.6) is 0 Å². The first-order valence-electron chi connectivity index (χ1n) is 4.31.